The van der Waals surface area contributed by atoms with Crippen molar-refractivity contribution in [1.29, 1.82) is 0 Å². The zero-order valence-electron chi connectivity index (χ0n) is 48.5. The lowest BCUT2D eigenvalue weighted by molar-refractivity contribution is 1.07. The van der Waals surface area contributed by atoms with Crippen molar-refractivity contribution in [1.82, 2.24) is 29.5 Å². The molecule has 12 aromatic carbocycles. The Morgan fingerprint density at radius 3 is 1.42 bits per heavy atom. The number of anilines is 6. The first-order chi connectivity index (χ1) is 44.1. The first-order valence-corrected chi connectivity index (χ1v) is 30.2. The summed E-state index contributed by atoms with van der Waals surface area (Å²) in [7, 11) is 0. The third kappa shape index (κ3) is 8.81. The average molecular weight is 1140 g/mol. The first-order valence-electron chi connectivity index (χ1n) is 30.2. The summed E-state index contributed by atoms with van der Waals surface area (Å²) in [5.41, 5.74) is 24.1. The third-order valence-corrected chi connectivity index (χ3v) is 17.5. The van der Waals surface area contributed by atoms with E-state index in [1.54, 1.807) is 0 Å². The maximum absolute atomic E-state index is 5.67. The van der Waals surface area contributed by atoms with Crippen molar-refractivity contribution >= 4 is 79.0 Å². The molecule has 0 atom stereocenters. The molecule has 17 rings (SSSR count). The van der Waals surface area contributed by atoms with E-state index in [0.717, 1.165) is 101 Å². The number of nitrogens with zero attached hydrogens (tertiary/aromatic N) is 8. The van der Waals surface area contributed by atoms with Gasteiger partial charge in [-0.05, 0) is 114 Å². The standard InChI is InChI=1S/C80H53BN8/c1-52-39-46-70-63(49-52)62-33-17-20-36-69(62)89(70)71-47-44-58(80-85-78(55-25-9-3-10-26-55)84-79(86-80)56-27-11-4-12-28-56)50-64(71)68-51-67(54-23-7-2-8-24-54)82-77(83-68)57-42-40-53(41-43-57)61-45-48-74-75-76(61)88(60-31-15-6-16-32-60)73-38-22-19-35-66(73)81(75)65-34-18-21-37-72(65)87(74)59-29-13-5-14-30-59/h2-51H,1H3. The lowest BCUT2D eigenvalue weighted by Gasteiger charge is -2.45. The SMILES string of the molecule is Cc1ccc2c(c1)c1ccccc1n2-c1ccc(-c2nc(-c3ccccc3)nc(-c3ccccc3)n2)cc1-c1cc(-c2ccccc2)nc(-c2ccc(-c3ccc4c5c3N(c3ccccc3)c3ccccc3B5c3ccccc3N4c3ccccc3)cc2)n1. The molecule has 0 spiro atoms. The summed E-state index contributed by atoms with van der Waals surface area (Å²) < 4.78 is 2.38. The predicted octanol–water partition coefficient (Wildman–Crippen LogP) is 17.8. The smallest absolute Gasteiger partial charge is 0.252 e. The fraction of sp³-hybridized carbons (Fsp3) is 0.0125. The van der Waals surface area contributed by atoms with Crippen LogP contribution in [0, 0.1) is 6.92 Å². The van der Waals surface area contributed by atoms with Crippen LogP contribution in [0.25, 0.3) is 107 Å². The molecule has 9 heteroatoms. The minimum atomic E-state index is -0.0175. The van der Waals surface area contributed by atoms with Gasteiger partial charge in [0.2, 0.25) is 0 Å². The summed E-state index contributed by atoms with van der Waals surface area (Å²) in [6, 6.07) is 108. The van der Waals surface area contributed by atoms with Crippen LogP contribution in [-0.2, 0) is 0 Å². The van der Waals surface area contributed by atoms with Crippen molar-refractivity contribution in [3.8, 4) is 84.9 Å². The Bertz CT molecular complexity index is 5140. The maximum atomic E-state index is 5.67. The molecule has 0 aliphatic carbocycles. The Morgan fingerprint density at radius 2 is 0.764 bits per heavy atom. The fourth-order valence-electron chi connectivity index (χ4n) is 13.5. The first kappa shape index (κ1) is 51.6. The Hall–Kier alpha value is -11.8. The molecule has 3 aromatic heterocycles. The number of hydrogen-bond donors (Lipinski definition) is 0. The van der Waals surface area contributed by atoms with Gasteiger partial charge in [0.15, 0.2) is 23.3 Å². The minimum Gasteiger partial charge on any atom is -0.311 e. The average Bonchev–Trinajstić information content (AvgIpc) is 1.22. The van der Waals surface area contributed by atoms with Crippen LogP contribution in [0.15, 0.2) is 303 Å². The van der Waals surface area contributed by atoms with Gasteiger partial charge in [0.05, 0.1) is 33.8 Å². The fourth-order valence-corrected chi connectivity index (χ4v) is 13.5. The van der Waals surface area contributed by atoms with E-state index in [1.807, 2.05) is 66.7 Å². The molecule has 8 nitrogen and oxygen atoms in total. The number of para-hydroxylation sites is 5. The van der Waals surface area contributed by atoms with Gasteiger partial charge in [-0.2, -0.15) is 0 Å². The Labute approximate surface area is 516 Å². The van der Waals surface area contributed by atoms with Crippen LogP contribution >= 0.6 is 0 Å². The van der Waals surface area contributed by atoms with E-state index < -0.39 is 0 Å². The highest BCUT2D eigenvalue weighted by atomic mass is 15.2. The van der Waals surface area contributed by atoms with Gasteiger partial charge in [-0.15, -0.1) is 0 Å². The minimum absolute atomic E-state index is 0.0175. The van der Waals surface area contributed by atoms with Crippen molar-refractivity contribution in [2.24, 2.45) is 0 Å². The molecular formula is C80H53BN8. The largest absolute Gasteiger partial charge is 0.311 e. The summed E-state index contributed by atoms with van der Waals surface area (Å²) in [4.78, 5) is 31.6. The lowest BCUT2D eigenvalue weighted by atomic mass is 9.33. The van der Waals surface area contributed by atoms with E-state index in [9.17, 15) is 0 Å². The van der Waals surface area contributed by atoms with E-state index in [0.29, 0.717) is 23.3 Å². The van der Waals surface area contributed by atoms with Crippen molar-refractivity contribution < 1.29 is 0 Å². The van der Waals surface area contributed by atoms with E-state index in [4.69, 9.17) is 24.9 Å². The second-order valence-electron chi connectivity index (χ2n) is 22.8. The molecule has 0 unspecified atom stereocenters. The molecule has 15 aromatic rings. The van der Waals surface area contributed by atoms with Gasteiger partial charge in [-0.3, -0.25) is 0 Å². The molecule has 0 N–H and O–H groups in total. The van der Waals surface area contributed by atoms with Crippen molar-refractivity contribution in [3.05, 3.63) is 309 Å². The van der Waals surface area contributed by atoms with Gasteiger partial charge < -0.3 is 14.4 Å². The molecule has 5 heterocycles. The predicted molar refractivity (Wildman–Crippen MR) is 367 cm³/mol. The van der Waals surface area contributed by atoms with Crippen LogP contribution < -0.4 is 26.2 Å². The van der Waals surface area contributed by atoms with Gasteiger partial charge in [0, 0.05) is 78.2 Å². The second-order valence-corrected chi connectivity index (χ2v) is 22.8. The van der Waals surface area contributed by atoms with E-state index >= 15 is 0 Å². The Morgan fingerprint density at radius 1 is 0.292 bits per heavy atom. The van der Waals surface area contributed by atoms with E-state index in [2.05, 4.69) is 258 Å². The number of aromatic nitrogens is 6. The van der Waals surface area contributed by atoms with Gasteiger partial charge in [0.1, 0.15) is 0 Å². The zero-order valence-corrected chi connectivity index (χ0v) is 48.5. The maximum Gasteiger partial charge on any atom is 0.252 e. The third-order valence-electron chi connectivity index (χ3n) is 17.5. The van der Waals surface area contributed by atoms with Crippen molar-refractivity contribution in [2.45, 2.75) is 6.92 Å². The van der Waals surface area contributed by atoms with Gasteiger partial charge in [-0.1, -0.05) is 224 Å². The summed E-state index contributed by atoms with van der Waals surface area (Å²) in [5.74, 6) is 2.33. The van der Waals surface area contributed by atoms with Crippen LogP contribution in [-0.4, -0.2) is 36.2 Å². The Balaban J connectivity index is 0.870. The molecule has 89 heavy (non-hydrogen) atoms. The molecular weight excluding hydrogens is 1080 g/mol. The highest BCUT2D eigenvalue weighted by Gasteiger charge is 2.44. The monoisotopic (exact) mass is 1140 g/mol. The highest BCUT2D eigenvalue weighted by Crippen LogP contribution is 2.48. The summed E-state index contributed by atoms with van der Waals surface area (Å²) in [5, 5.41) is 2.35. The molecule has 0 radical (unpaired) electrons. The van der Waals surface area contributed by atoms with Crippen molar-refractivity contribution in [2.75, 3.05) is 9.80 Å². The summed E-state index contributed by atoms with van der Waals surface area (Å²) >= 11 is 0. The normalized spacial score (nSPS) is 12.3. The molecule has 0 bridgehead atoms. The number of hydrogen-bond acceptors (Lipinski definition) is 7. The molecule has 416 valence electrons. The zero-order chi connectivity index (χ0) is 58.9. The summed E-state index contributed by atoms with van der Waals surface area (Å²) in [6.07, 6.45) is 0. The van der Waals surface area contributed by atoms with Crippen molar-refractivity contribution in [3.63, 3.8) is 0 Å². The number of benzene rings is 12. The van der Waals surface area contributed by atoms with Gasteiger partial charge >= 0.3 is 0 Å². The Kier molecular flexibility index (Phi) is 12.4. The molecule has 2 aliphatic rings. The quantitative estimate of drug-likeness (QED) is 0.126. The number of aryl methyl sites for hydroxylation is 1. The topological polar surface area (TPSA) is 75.9 Å². The molecule has 0 amide bonds. The molecule has 0 fully saturated rings. The van der Waals surface area contributed by atoms with E-state index in [1.165, 1.54) is 38.4 Å². The van der Waals surface area contributed by atoms with E-state index in [-0.39, 0.29) is 6.71 Å². The highest BCUT2D eigenvalue weighted by molar-refractivity contribution is 7.00. The van der Waals surface area contributed by atoms with Gasteiger partial charge in [-0.25, -0.2) is 24.9 Å². The molecule has 0 saturated carbocycles. The molecule has 2 aliphatic heterocycles. The lowest BCUT2D eigenvalue weighted by Crippen LogP contribution is -2.61. The van der Waals surface area contributed by atoms with Crippen LogP contribution in [0.2, 0.25) is 0 Å². The van der Waals surface area contributed by atoms with Crippen LogP contribution in [0.3, 0.4) is 0 Å². The van der Waals surface area contributed by atoms with Crippen LogP contribution in [0.4, 0.5) is 34.1 Å². The summed E-state index contributed by atoms with van der Waals surface area (Å²) in [6.45, 7) is 2.14. The van der Waals surface area contributed by atoms with Gasteiger partial charge in [0.25, 0.3) is 6.71 Å². The number of fused-ring (bicyclic) bond motifs is 7. The second kappa shape index (κ2) is 21.3. The van der Waals surface area contributed by atoms with Crippen LogP contribution in [0.1, 0.15) is 5.56 Å². The van der Waals surface area contributed by atoms with Crippen LogP contribution in [0.5, 0.6) is 0 Å². The molecule has 0 saturated heterocycles. The number of rotatable bonds is 10.